The number of carbonyl (C=O) groups is 1. The molecular formula is C20H19N3O6. The summed E-state index contributed by atoms with van der Waals surface area (Å²) >= 11 is 0. The first-order valence-corrected chi connectivity index (χ1v) is 9.00. The minimum atomic E-state index is -0.766. The van der Waals surface area contributed by atoms with E-state index < -0.39 is 17.0 Å². The van der Waals surface area contributed by atoms with Crippen molar-refractivity contribution in [2.75, 3.05) is 6.61 Å². The number of nitrogens with zero attached hydrogens (tertiary/aromatic N) is 3. The summed E-state index contributed by atoms with van der Waals surface area (Å²) in [4.78, 5) is 22.5. The predicted molar refractivity (Wildman–Crippen MR) is 102 cm³/mol. The smallest absolute Gasteiger partial charge is 0.338 e. The Bertz CT molecular complexity index is 982. The van der Waals surface area contributed by atoms with Crippen LogP contribution in [-0.4, -0.2) is 27.7 Å². The molecule has 0 saturated heterocycles. The molecule has 9 nitrogen and oxygen atoms in total. The number of rotatable bonds is 8. The Morgan fingerprint density at radius 2 is 1.83 bits per heavy atom. The highest BCUT2D eigenvalue weighted by Crippen LogP contribution is 2.25. The SMILES string of the molecule is CCCOc1ccc(C(=O)O[C@@H](C)c2nnc(-c3ccc([N+](=O)[O-])cc3)o2)cc1. The van der Waals surface area contributed by atoms with Crippen molar-refractivity contribution in [2.45, 2.75) is 26.4 Å². The maximum atomic E-state index is 12.3. The molecule has 0 saturated carbocycles. The lowest BCUT2D eigenvalue weighted by Gasteiger charge is -2.10. The zero-order valence-electron chi connectivity index (χ0n) is 15.9. The minimum absolute atomic E-state index is 0.0399. The van der Waals surface area contributed by atoms with Gasteiger partial charge in [0, 0.05) is 17.7 Å². The fourth-order valence-electron chi connectivity index (χ4n) is 2.43. The van der Waals surface area contributed by atoms with E-state index in [0.717, 1.165) is 6.42 Å². The van der Waals surface area contributed by atoms with Crippen molar-refractivity contribution in [2.24, 2.45) is 0 Å². The van der Waals surface area contributed by atoms with Crippen molar-refractivity contribution in [3.8, 4) is 17.2 Å². The van der Waals surface area contributed by atoms with E-state index in [4.69, 9.17) is 13.9 Å². The van der Waals surface area contributed by atoms with Crippen LogP contribution in [0.4, 0.5) is 5.69 Å². The summed E-state index contributed by atoms with van der Waals surface area (Å²) in [5, 5.41) is 18.5. The quantitative estimate of drug-likeness (QED) is 0.313. The van der Waals surface area contributed by atoms with Gasteiger partial charge < -0.3 is 13.9 Å². The van der Waals surface area contributed by atoms with Crippen molar-refractivity contribution in [3.05, 3.63) is 70.1 Å². The molecule has 0 amide bonds. The molecule has 0 spiro atoms. The highest BCUT2D eigenvalue weighted by Gasteiger charge is 2.20. The first kappa shape index (κ1) is 20.0. The number of carbonyl (C=O) groups excluding carboxylic acids is 1. The van der Waals surface area contributed by atoms with Crippen LogP contribution in [-0.2, 0) is 4.74 Å². The fourth-order valence-corrected chi connectivity index (χ4v) is 2.43. The average Bonchev–Trinajstić information content (AvgIpc) is 3.23. The largest absolute Gasteiger partial charge is 0.494 e. The zero-order chi connectivity index (χ0) is 20.8. The number of aromatic nitrogens is 2. The average molecular weight is 397 g/mol. The van der Waals surface area contributed by atoms with Crippen molar-refractivity contribution in [1.29, 1.82) is 0 Å². The fraction of sp³-hybridized carbons (Fsp3) is 0.250. The van der Waals surface area contributed by atoms with E-state index in [0.29, 0.717) is 23.5 Å². The molecule has 2 aromatic carbocycles. The van der Waals surface area contributed by atoms with Crippen LogP contribution in [0.5, 0.6) is 5.75 Å². The van der Waals surface area contributed by atoms with Crippen LogP contribution in [0, 0.1) is 10.1 Å². The molecule has 1 aromatic heterocycles. The van der Waals surface area contributed by atoms with E-state index in [1.807, 2.05) is 6.92 Å². The number of non-ortho nitro benzene ring substituents is 1. The predicted octanol–water partition coefficient (Wildman–Crippen LogP) is 4.35. The van der Waals surface area contributed by atoms with Crippen LogP contribution in [0.2, 0.25) is 0 Å². The van der Waals surface area contributed by atoms with Gasteiger partial charge in [0.05, 0.1) is 17.1 Å². The Morgan fingerprint density at radius 3 is 2.45 bits per heavy atom. The van der Waals surface area contributed by atoms with Gasteiger partial charge in [-0.1, -0.05) is 6.92 Å². The van der Waals surface area contributed by atoms with Gasteiger partial charge in [-0.15, -0.1) is 10.2 Å². The van der Waals surface area contributed by atoms with E-state index in [1.165, 1.54) is 24.3 Å². The number of ether oxygens (including phenoxy) is 2. The first-order chi connectivity index (χ1) is 14.0. The van der Waals surface area contributed by atoms with Gasteiger partial charge in [0.15, 0.2) is 6.10 Å². The maximum absolute atomic E-state index is 12.3. The topological polar surface area (TPSA) is 118 Å². The third-order valence-electron chi connectivity index (χ3n) is 3.96. The van der Waals surface area contributed by atoms with Crippen LogP contribution in [0.3, 0.4) is 0 Å². The summed E-state index contributed by atoms with van der Waals surface area (Å²) in [6.45, 7) is 4.23. The molecule has 0 aliphatic carbocycles. The lowest BCUT2D eigenvalue weighted by Crippen LogP contribution is -2.09. The first-order valence-electron chi connectivity index (χ1n) is 9.00. The summed E-state index contributed by atoms with van der Waals surface area (Å²) in [7, 11) is 0. The third kappa shape index (κ3) is 4.95. The van der Waals surface area contributed by atoms with Gasteiger partial charge in [0.1, 0.15) is 5.75 Å². The van der Waals surface area contributed by atoms with E-state index in [1.54, 1.807) is 31.2 Å². The molecule has 3 aromatic rings. The molecular weight excluding hydrogens is 378 g/mol. The normalized spacial score (nSPS) is 11.7. The van der Waals surface area contributed by atoms with Crippen molar-refractivity contribution >= 4 is 11.7 Å². The number of benzene rings is 2. The Labute approximate surface area is 166 Å². The lowest BCUT2D eigenvalue weighted by molar-refractivity contribution is -0.384. The number of hydrogen-bond donors (Lipinski definition) is 0. The summed E-state index contributed by atoms with van der Waals surface area (Å²) in [6.07, 6.45) is 0.130. The summed E-state index contributed by atoms with van der Waals surface area (Å²) in [5.41, 5.74) is 0.855. The molecule has 0 aliphatic heterocycles. The van der Waals surface area contributed by atoms with E-state index in [9.17, 15) is 14.9 Å². The molecule has 1 heterocycles. The van der Waals surface area contributed by atoms with Gasteiger partial charge in [0.25, 0.3) is 11.6 Å². The Balaban J connectivity index is 1.64. The second-order valence-corrected chi connectivity index (χ2v) is 6.17. The second kappa shape index (κ2) is 8.96. The molecule has 0 N–H and O–H groups in total. The van der Waals surface area contributed by atoms with E-state index in [-0.39, 0.29) is 17.5 Å². The number of esters is 1. The van der Waals surface area contributed by atoms with Gasteiger partial charge in [-0.2, -0.15) is 0 Å². The molecule has 0 bridgehead atoms. The van der Waals surface area contributed by atoms with Gasteiger partial charge in [-0.25, -0.2) is 4.79 Å². The van der Waals surface area contributed by atoms with Crippen molar-refractivity contribution in [1.82, 2.24) is 10.2 Å². The highest BCUT2D eigenvalue weighted by molar-refractivity contribution is 5.89. The van der Waals surface area contributed by atoms with E-state index >= 15 is 0 Å². The molecule has 3 rings (SSSR count). The van der Waals surface area contributed by atoms with Crippen LogP contribution in [0.15, 0.2) is 52.9 Å². The molecule has 1 atom stereocenters. The zero-order valence-corrected chi connectivity index (χ0v) is 15.9. The third-order valence-corrected chi connectivity index (χ3v) is 3.96. The van der Waals surface area contributed by atoms with E-state index in [2.05, 4.69) is 10.2 Å². The monoisotopic (exact) mass is 397 g/mol. The van der Waals surface area contributed by atoms with Crippen LogP contribution in [0.25, 0.3) is 11.5 Å². The molecule has 9 heteroatoms. The Kier molecular flexibility index (Phi) is 6.18. The minimum Gasteiger partial charge on any atom is -0.494 e. The van der Waals surface area contributed by atoms with Gasteiger partial charge in [0.2, 0.25) is 5.89 Å². The highest BCUT2D eigenvalue weighted by atomic mass is 16.6. The summed E-state index contributed by atoms with van der Waals surface area (Å²) in [6, 6.07) is 12.4. The van der Waals surface area contributed by atoms with Crippen LogP contribution < -0.4 is 4.74 Å². The number of nitro benzene ring substituents is 1. The van der Waals surface area contributed by atoms with Gasteiger partial charge >= 0.3 is 5.97 Å². The molecule has 0 unspecified atom stereocenters. The van der Waals surface area contributed by atoms with Gasteiger partial charge in [-0.05, 0) is 49.7 Å². The van der Waals surface area contributed by atoms with Crippen molar-refractivity contribution < 1.29 is 23.6 Å². The molecule has 0 radical (unpaired) electrons. The van der Waals surface area contributed by atoms with Crippen LogP contribution >= 0.6 is 0 Å². The Hall–Kier alpha value is -3.75. The van der Waals surface area contributed by atoms with Crippen LogP contribution in [0.1, 0.15) is 42.6 Å². The maximum Gasteiger partial charge on any atom is 0.338 e. The molecule has 0 aliphatic rings. The molecule has 29 heavy (non-hydrogen) atoms. The Morgan fingerprint density at radius 1 is 1.14 bits per heavy atom. The number of nitro groups is 1. The van der Waals surface area contributed by atoms with Crippen molar-refractivity contribution in [3.63, 3.8) is 0 Å². The molecule has 150 valence electrons. The second-order valence-electron chi connectivity index (χ2n) is 6.17. The summed E-state index contributed by atoms with van der Waals surface area (Å²) in [5.74, 6) is 0.445. The standard InChI is InChI=1S/C20H19N3O6/c1-3-12-27-17-10-6-15(7-11-17)20(24)28-13(2)18-21-22-19(29-18)14-4-8-16(9-5-14)23(25)26/h4-11,13H,3,12H2,1-2H3/t13-/m0/s1. The number of hydrogen-bond acceptors (Lipinski definition) is 8. The summed E-state index contributed by atoms with van der Waals surface area (Å²) < 4.78 is 16.4. The van der Waals surface area contributed by atoms with Gasteiger partial charge in [-0.3, -0.25) is 10.1 Å². The lowest BCUT2D eigenvalue weighted by atomic mass is 10.2. The molecule has 0 fully saturated rings.